The zero-order valence-electron chi connectivity index (χ0n) is 8.92. The van der Waals surface area contributed by atoms with Gasteiger partial charge in [0.05, 0.1) is 17.0 Å². The zero-order chi connectivity index (χ0) is 11.2. The Morgan fingerprint density at radius 1 is 1.31 bits per heavy atom. The molecule has 16 heavy (non-hydrogen) atoms. The van der Waals surface area contributed by atoms with Crippen molar-refractivity contribution in [1.29, 1.82) is 5.26 Å². The van der Waals surface area contributed by atoms with Crippen LogP contribution in [0.15, 0.2) is 18.2 Å². The van der Waals surface area contributed by atoms with Gasteiger partial charge in [0.25, 0.3) is 0 Å². The maximum atomic E-state index is 12.1. The fourth-order valence-electron chi connectivity index (χ4n) is 2.97. The van der Waals surface area contributed by atoms with E-state index in [4.69, 9.17) is 5.26 Å². The summed E-state index contributed by atoms with van der Waals surface area (Å²) in [5.74, 6) is 0.120. The number of anilines is 1. The van der Waals surface area contributed by atoms with Crippen molar-refractivity contribution in [2.24, 2.45) is 0 Å². The van der Waals surface area contributed by atoms with Crippen LogP contribution >= 0.6 is 0 Å². The minimum Gasteiger partial charge on any atom is -0.325 e. The number of carbonyl (C=O) groups is 1. The molecule has 1 aromatic carbocycles. The molecule has 1 aromatic rings. The standard InChI is InChI=1S/C13H12N2O/c14-8-9-3-4-10-11(7-9)15-12(16)13(10)5-1-2-6-13/h3-4,7H,1-2,5-6H2,(H,15,16). The van der Waals surface area contributed by atoms with Gasteiger partial charge < -0.3 is 5.32 Å². The van der Waals surface area contributed by atoms with Crippen LogP contribution in [-0.4, -0.2) is 5.91 Å². The van der Waals surface area contributed by atoms with Crippen molar-refractivity contribution in [3.05, 3.63) is 29.3 Å². The van der Waals surface area contributed by atoms with Crippen molar-refractivity contribution >= 4 is 11.6 Å². The summed E-state index contributed by atoms with van der Waals surface area (Å²) in [6.45, 7) is 0. The fourth-order valence-corrected chi connectivity index (χ4v) is 2.97. The van der Waals surface area contributed by atoms with Crippen LogP contribution in [0.1, 0.15) is 36.8 Å². The van der Waals surface area contributed by atoms with Crippen LogP contribution in [-0.2, 0) is 10.2 Å². The Bertz CT molecular complexity index is 507. The lowest BCUT2D eigenvalue weighted by molar-refractivity contribution is -0.120. The number of amides is 1. The summed E-state index contributed by atoms with van der Waals surface area (Å²) in [6, 6.07) is 7.62. The van der Waals surface area contributed by atoms with Crippen molar-refractivity contribution < 1.29 is 4.79 Å². The number of benzene rings is 1. The zero-order valence-corrected chi connectivity index (χ0v) is 8.92. The van der Waals surface area contributed by atoms with E-state index in [1.165, 1.54) is 0 Å². The SMILES string of the molecule is N#Cc1ccc2c(c1)NC(=O)C21CCCC1. The number of hydrogen-bond donors (Lipinski definition) is 1. The predicted octanol–water partition coefficient (Wildman–Crippen LogP) is 2.32. The molecular weight excluding hydrogens is 200 g/mol. The van der Waals surface area contributed by atoms with Crippen molar-refractivity contribution in [3.63, 3.8) is 0 Å². The minimum atomic E-state index is -0.288. The van der Waals surface area contributed by atoms with Crippen LogP contribution in [0.25, 0.3) is 0 Å². The average molecular weight is 212 g/mol. The number of nitrogens with one attached hydrogen (secondary N) is 1. The molecule has 1 fully saturated rings. The molecule has 0 bridgehead atoms. The van der Waals surface area contributed by atoms with E-state index in [1.807, 2.05) is 6.07 Å². The second-order valence-corrected chi connectivity index (χ2v) is 4.62. The van der Waals surface area contributed by atoms with Gasteiger partial charge in [-0.3, -0.25) is 4.79 Å². The summed E-state index contributed by atoms with van der Waals surface area (Å²) in [7, 11) is 0. The molecule has 3 rings (SSSR count). The van der Waals surface area contributed by atoms with Gasteiger partial charge in [-0.25, -0.2) is 0 Å². The molecule has 3 nitrogen and oxygen atoms in total. The summed E-state index contributed by atoms with van der Waals surface area (Å²) in [4.78, 5) is 12.1. The van der Waals surface area contributed by atoms with E-state index in [0.717, 1.165) is 36.9 Å². The molecular formula is C13H12N2O. The molecule has 1 amide bonds. The number of rotatable bonds is 0. The van der Waals surface area contributed by atoms with Crippen LogP contribution in [0.5, 0.6) is 0 Å². The van der Waals surface area contributed by atoms with Gasteiger partial charge in [-0.2, -0.15) is 5.26 Å². The molecule has 0 aromatic heterocycles. The lowest BCUT2D eigenvalue weighted by Gasteiger charge is -2.20. The van der Waals surface area contributed by atoms with Crippen LogP contribution in [0, 0.1) is 11.3 Å². The molecule has 0 unspecified atom stereocenters. The van der Waals surface area contributed by atoms with Gasteiger partial charge in [0.2, 0.25) is 5.91 Å². The summed E-state index contributed by atoms with van der Waals surface area (Å²) in [5, 5.41) is 11.7. The van der Waals surface area contributed by atoms with Crippen LogP contribution in [0.3, 0.4) is 0 Å². The Hall–Kier alpha value is -1.82. The van der Waals surface area contributed by atoms with Gasteiger partial charge in [-0.05, 0) is 30.5 Å². The first-order valence-corrected chi connectivity index (χ1v) is 5.62. The number of nitriles is 1. The maximum absolute atomic E-state index is 12.1. The Labute approximate surface area is 94.1 Å². The second-order valence-electron chi connectivity index (χ2n) is 4.62. The molecule has 1 aliphatic carbocycles. The van der Waals surface area contributed by atoms with E-state index in [-0.39, 0.29) is 11.3 Å². The Kier molecular flexibility index (Phi) is 1.81. The molecule has 0 atom stereocenters. The van der Waals surface area contributed by atoms with Gasteiger partial charge in [0.15, 0.2) is 0 Å². The minimum absolute atomic E-state index is 0.120. The summed E-state index contributed by atoms with van der Waals surface area (Å²) < 4.78 is 0. The predicted molar refractivity (Wildman–Crippen MR) is 59.9 cm³/mol. The normalized spacial score (nSPS) is 20.6. The van der Waals surface area contributed by atoms with Crippen LogP contribution in [0.2, 0.25) is 0 Å². The third-order valence-corrected chi connectivity index (χ3v) is 3.80. The fraction of sp³-hybridized carbons (Fsp3) is 0.385. The quantitative estimate of drug-likeness (QED) is 0.717. The molecule has 80 valence electrons. The average Bonchev–Trinajstić information content (AvgIpc) is 2.88. The first-order valence-electron chi connectivity index (χ1n) is 5.62. The van der Waals surface area contributed by atoms with Gasteiger partial charge in [-0.15, -0.1) is 0 Å². The van der Waals surface area contributed by atoms with E-state index in [0.29, 0.717) is 5.56 Å². The molecule has 0 radical (unpaired) electrons. The first kappa shape index (κ1) is 9.41. The molecule has 1 N–H and O–H groups in total. The largest absolute Gasteiger partial charge is 0.325 e. The molecule has 2 aliphatic rings. The Balaban J connectivity index is 2.15. The van der Waals surface area contributed by atoms with E-state index in [9.17, 15) is 4.79 Å². The number of hydrogen-bond acceptors (Lipinski definition) is 2. The molecule has 1 heterocycles. The third kappa shape index (κ3) is 1.04. The summed E-state index contributed by atoms with van der Waals surface area (Å²) in [6.07, 6.45) is 4.12. The number of carbonyl (C=O) groups excluding carboxylic acids is 1. The Morgan fingerprint density at radius 2 is 2.06 bits per heavy atom. The smallest absolute Gasteiger partial charge is 0.235 e. The van der Waals surface area contributed by atoms with Gasteiger partial charge >= 0.3 is 0 Å². The van der Waals surface area contributed by atoms with E-state index >= 15 is 0 Å². The van der Waals surface area contributed by atoms with Gasteiger partial charge in [0, 0.05) is 5.69 Å². The van der Waals surface area contributed by atoms with Crippen LogP contribution < -0.4 is 5.32 Å². The lowest BCUT2D eigenvalue weighted by Crippen LogP contribution is -2.30. The summed E-state index contributed by atoms with van der Waals surface area (Å²) in [5.41, 5.74) is 2.25. The molecule has 1 saturated carbocycles. The monoisotopic (exact) mass is 212 g/mol. The highest BCUT2D eigenvalue weighted by atomic mass is 16.2. The van der Waals surface area contributed by atoms with Crippen molar-refractivity contribution in [2.75, 3.05) is 5.32 Å². The summed E-state index contributed by atoms with van der Waals surface area (Å²) >= 11 is 0. The van der Waals surface area contributed by atoms with E-state index < -0.39 is 0 Å². The molecule has 1 aliphatic heterocycles. The Morgan fingerprint density at radius 3 is 2.75 bits per heavy atom. The highest BCUT2D eigenvalue weighted by Crippen LogP contribution is 2.48. The van der Waals surface area contributed by atoms with E-state index in [1.54, 1.807) is 12.1 Å². The first-order chi connectivity index (χ1) is 7.76. The lowest BCUT2D eigenvalue weighted by atomic mass is 9.80. The van der Waals surface area contributed by atoms with Crippen LogP contribution in [0.4, 0.5) is 5.69 Å². The number of fused-ring (bicyclic) bond motifs is 2. The maximum Gasteiger partial charge on any atom is 0.235 e. The number of nitrogens with zero attached hydrogens (tertiary/aromatic N) is 1. The molecule has 0 saturated heterocycles. The highest BCUT2D eigenvalue weighted by Gasteiger charge is 2.48. The van der Waals surface area contributed by atoms with Gasteiger partial charge in [-0.1, -0.05) is 18.9 Å². The van der Waals surface area contributed by atoms with Gasteiger partial charge in [0.1, 0.15) is 0 Å². The second kappa shape index (κ2) is 3.08. The molecule has 1 spiro atoms. The molecule has 3 heteroatoms. The van der Waals surface area contributed by atoms with Crippen molar-refractivity contribution in [3.8, 4) is 6.07 Å². The van der Waals surface area contributed by atoms with E-state index in [2.05, 4.69) is 11.4 Å². The van der Waals surface area contributed by atoms with Crippen molar-refractivity contribution in [1.82, 2.24) is 0 Å². The topological polar surface area (TPSA) is 52.9 Å². The highest BCUT2D eigenvalue weighted by molar-refractivity contribution is 6.06. The third-order valence-electron chi connectivity index (χ3n) is 3.80. The van der Waals surface area contributed by atoms with Crippen molar-refractivity contribution in [2.45, 2.75) is 31.1 Å².